The van der Waals surface area contributed by atoms with Crippen LogP contribution in [-0.4, -0.2) is 0 Å². The number of nitrogens with one attached hydrogen (secondary N) is 1. The molecule has 0 fully saturated rings. The fourth-order valence-electron chi connectivity index (χ4n) is 1.77. The Morgan fingerprint density at radius 2 is 2.11 bits per heavy atom. The first-order valence-corrected chi connectivity index (χ1v) is 6.58. The van der Waals surface area contributed by atoms with Gasteiger partial charge in [-0.25, -0.2) is 4.39 Å². The Balaban J connectivity index is 2.19. The average molecular weight is 319 g/mol. The third-order valence-electron chi connectivity index (χ3n) is 2.91. The van der Waals surface area contributed by atoms with E-state index < -0.39 is 0 Å². The molecular weight excluding hydrogens is 307 g/mol. The SMILES string of the molecule is Cc1c(Br)cccc1NCc1cc(C#N)ccc1F. The quantitative estimate of drug-likeness (QED) is 0.911. The molecule has 0 saturated carbocycles. The Labute approximate surface area is 120 Å². The van der Waals surface area contributed by atoms with Gasteiger partial charge in [0.2, 0.25) is 0 Å². The van der Waals surface area contributed by atoms with E-state index in [1.807, 2.05) is 31.2 Å². The second-order valence-corrected chi connectivity index (χ2v) is 5.04. The summed E-state index contributed by atoms with van der Waals surface area (Å²) in [6.07, 6.45) is 0. The lowest BCUT2D eigenvalue weighted by Crippen LogP contribution is -2.03. The molecule has 0 bridgehead atoms. The van der Waals surface area contributed by atoms with Crippen LogP contribution < -0.4 is 5.32 Å². The van der Waals surface area contributed by atoms with Gasteiger partial charge in [0, 0.05) is 22.3 Å². The lowest BCUT2D eigenvalue weighted by atomic mass is 10.1. The summed E-state index contributed by atoms with van der Waals surface area (Å²) >= 11 is 3.45. The van der Waals surface area contributed by atoms with Crippen LogP contribution in [0.4, 0.5) is 10.1 Å². The van der Waals surface area contributed by atoms with Gasteiger partial charge in [0.1, 0.15) is 5.82 Å². The highest BCUT2D eigenvalue weighted by Gasteiger charge is 2.05. The van der Waals surface area contributed by atoms with Gasteiger partial charge in [-0.05, 0) is 42.8 Å². The molecule has 0 atom stereocenters. The van der Waals surface area contributed by atoms with Crippen LogP contribution in [0.1, 0.15) is 16.7 Å². The molecule has 2 rings (SSSR count). The van der Waals surface area contributed by atoms with Crippen molar-refractivity contribution < 1.29 is 4.39 Å². The van der Waals surface area contributed by atoms with Gasteiger partial charge in [0.15, 0.2) is 0 Å². The van der Waals surface area contributed by atoms with Crippen molar-refractivity contribution in [2.75, 3.05) is 5.32 Å². The first-order chi connectivity index (χ1) is 9.11. The van der Waals surface area contributed by atoms with E-state index in [0.717, 1.165) is 15.7 Å². The second-order valence-electron chi connectivity index (χ2n) is 4.18. The third kappa shape index (κ3) is 3.12. The molecule has 0 saturated heterocycles. The maximum absolute atomic E-state index is 13.6. The summed E-state index contributed by atoms with van der Waals surface area (Å²) in [5, 5.41) is 12.0. The molecule has 2 aromatic carbocycles. The fraction of sp³-hybridized carbons (Fsp3) is 0.133. The number of rotatable bonds is 3. The smallest absolute Gasteiger partial charge is 0.128 e. The van der Waals surface area contributed by atoms with Crippen molar-refractivity contribution >= 4 is 21.6 Å². The molecule has 0 unspecified atom stereocenters. The second kappa shape index (κ2) is 5.85. The molecule has 0 aliphatic carbocycles. The maximum Gasteiger partial charge on any atom is 0.128 e. The lowest BCUT2D eigenvalue weighted by Gasteiger charge is -2.11. The van der Waals surface area contributed by atoms with Gasteiger partial charge in [-0.1, -0.05) is 22.0 Å². The Morgan fingerprint density at radius 1 is 1.32 bits per heavy atom. The van der Waals surface area contributed by atoms with E-state index in [1.54, 1.807) is 6.07 Å². The summed E-state index contributed by atoms with van der Waals surface area (Å²) in [6, 6.07) is 12.2. The standard InChI is InChI=1S/C15H12BrFN2/c1-10-13(16)3-2-4-15(10)19-9-12-7-11(8-18)5-6-14(12)17/h2-7,19H,9H2,1H3. The molecule has 0 heterocycles. The summed E-state index contributed by atoms with van der Waals surface area (Å²) in [6.45, 7) is 2.33. The minimum absolute atomic E-state index is 0.306. The number of benzene rings is 2. The normalized spacial score (nSPS) is 10.0. The highest BCUT2D eigenvalue weighted by molar-refractivity contribution is 9.10. The predicted molar refractivity (Wildman–Crippen MR) is 77.3 cm³/mol. The van der Waals surface area contributed by atoms with E-state index in [2.05, 4.69) is 21.2 Å². The molecule has 19 heavy (non-hydrogen) atoms. The van der Waals surface area contributed by atoms with Crippen molar-refractivity contribution in [1.82, 2.24) is 0 Å². The highest BCUT2D eigenvalue weighted by atomic mass is 79.9. The zero-order chi connectivity index (χ0) is 13.8. The number of halogens is 2. The van der Waals surface area contributed by atoms with Crippen LogP contribution in [0.5, 0.6) is 0 Å². The summed E-state index contributed by atoms with van der Waals surface area (Å²) in [7, 11) is 0. The van der Waals surface area contributed by atoms with E-state index >= 15 is 0 Å². The minimum Gasteiger partial charge on any atom is -0.381 e. The van der Waals surface area contributed by atoms with Crippen molar-refractivity contribution in [2.45, 2.75) is 13.5 Å². The Kier molecular flexibility index (Phi) is 4.18. The van der Waals surface area contributed by atoms with Gasteiger partial charge in [-0.3, -0.25) is 0 Å². The topological polar surface area (TPSA) is 35.8 Å². The van der Waals surface area contributed by atoms with Crippen molar-refractivity contribution in [3.8, 4) is 6.07 Å². The predicted octanol–water partition coefficient (Wildman–Crippen LogP) is 4.38. The van der Waals surface area contributed by atoms with Crippen LogP contribution in [0.15, 0.2) is 40.9 Å². The monoisotopic (exact) mass is 318 g/mol. The van der Waals surface area contributed by atoms with Gasteiger partial charge < -0.3 is 5.32 Å². The molecule has 1 N–H and O–H groups in total. The van der Waals surface area contributed by atoms with E-state index in [9.17, 15) is 4.39 Å². The molecular formula is C15H12BrFN2. The molecule has 0 aliphatic heterocycles. The summed E-state index contributed by atoms with van der Waals surface area (Å²) in [5.74, 6) is -0.306. The Hall–Kier alpha value is -1.86. The molecule has 0 amide bonds. The number of hydrogen-bond donors (Lipinski definition) is 1. The molecule has 0 spiro atoms. The molecule has 0 aliphatic rings. The third-order valence-corrected chi connectivity index (χ3v) is 3.77. The minimum atomic E-state index is -0.306. The molecule has 96 valence electrons. The van der Waals surface area contributed by atoms with Crippen molar-refractivity contribution in [3.63, 3.8) is 0 Å². The van der Waals surface area contributed by atoms with Crippen LogP contribution in [0.3, 0.4) is 0 Å². The Bertz CT molecular complexity index is 647. The molecule has 0 radical (unpaired) electrons. The maximum atomic E-state index is 13.6. The zero-order valence-corrected chi connectivity index (χ0v) is 12.0. The van der Waals surface area contributed by atoms with Crippen LogP contribution >= 0.6 is 15.9 Å². The molecule has 4 heteroatoms. The van der Waals surface area contributed by atoms with Crippen LogP contribution in [-0.2, 0) is 6.54 Å². The van der Waals surface area contributed by atoms with Gasteiger partial charge in [0.05, 0.1) is 11.6 Å². The van der Waals surface area contributed by atoms with Crippen molar-refractivity contribution in [3.05, 3.63) is 63.4 Å². The Morgan fingerprint density at radius 3 is 2.84 bits per heavy atom. The number of nitrogens with zero attached hydrogens (tertiary/aromatic N) is 1. The van der Waals surface area contributed by atoms with Gasteiger partial charge in [-0.2, -0.15) is 5.26 Å². The van der Waals surface area contributed by atoms with Crippen LogP contribution in [0, 0.1) is 24.1 Å². The zero-order valence-electron chi connectivity index (χ0n) is 10.4. The van der Waals surface area contributed by atoms with Gasteiger partial charge >= 0.3 is 0 Å². The van der Waals surface area contributed by atoms with E-state index in [-0.39, 0.29) is 5.82 Å². The molecule has 2 nitrogen and oxygen atoms in total. The van der Waals surface area contributed by atoms with Crippen molar-refractivity contribution in [1.29, 1.82) is 5.26 Å². The van der Waals surface area contributed by atoms with Gasteiger partial charge in [-0.15, -0.1) is 0 Å². The first-order valence-electron chi connectivity index (χ1n) is 5.79. The largest absolute Gasteiger partial charge is 0.381 e. The number of nitriles is 1. The van der Waals surface area contributed by atoms with Crippen molar-refractivity contribution in [2.24, 2.45) is 0 Å². The van der Waals surface area contributed by atoms with Crippen LogP contribution in [0.2, 0.25) is 0 Å². The first kappa shape index (κ1) is 13.6. The number of anilines is 1. The van der Waals surface area contributed by atoms with E-state index in [1.165, 1.54) is 12.1 Å². The summed E-state index contributed by atoms with van der Waals surface area (Å²) < 4.78 is 14.6. The molecule has 0 aromatic heterocycles. The fourth-order valence-corrected chi connectivity index (χ4v) is 2.14. The lowest BCUT2D eigenvalue weighted by molar-refractivity contribution is 0.612. The van der Waals surface area contributed by atoms with Crippen LogP contribution in [0.25, 0.3) is 0 Å². The van der Waals surface area contributed by atoms with E-state index in [4.69, 9.17) is 5.26 Å². The highest BCUT2D eigenvalue weighted by Crippen LogP contribution is 2.24. The van der Waals surface area contributed by atoms with Gasteiger partial charge in [0.25, 0.3) is 0 Å². The summed E-state index contributed by atoms with van der Waals surface area (Å²) in [5.41, 5.74) is 2.96. The average Bonchev–Trinajstić information content (AvgIpc) is 2.42. The molecule has 2 aromatic rings. The number of hydrogen-bond acceptors (Lipinski definition) is 2. The summed E-state index contributed by atoms with van der Waals surface area (Å²) in [4.78, 5) is 0. The van der Waals surface area contributed by atoms with E-state index in [0.29, 0.717) is 17.7 Å².